The van der Waals surface area contributed by atoms with Gasteiger partial charge in [0.05, 0.1) is 0 Å². The van der Waals surface area contributed by atoms with Crippen molar-refractivity contribution >= 4 is 34.4 Å². The molecule has 0 bridgehead atoms. The van der Waals surface area contributed by atoms with Crippen LogP contribution in [-0.4, -0.2) is 40.0 Å². The van der Waals surface area contributed by atoms with Gasteiger partial charge in [0.25, 0.3) is 0 Å². The zero-order valence-corrected chi connectivity index (χ0v) is 16.4. The minimum absolute atomic E-state index is 0.0107. The number of benzene rings is 1. The van der Waals surface area contributed by atoms with Gasteiger partial charge in [-0.1, -0.05) is 55.5 Å². The third kappa shape index (κ3) is 5.23. The third-order valence-electron chi connectivity index (χ3n) is 4.56. The summed E-state index contributed by atoms with van der Waals surface area (Å²) in [6.45, 7) is 5.27. The molecule has 142 valence electrons. The normalized spacial score (nSPS) is 15.4. The second-order valence-electron chi connectivity index (χ2n) is 6.93. The van der Waals surface area contributed by atoms with Gasteiger partial charge >= 0.3 is 0 Å². The topological polar surface area (TPSA) is 75.2 Å². The fraction of sp³-hybridized carbons (Fsp3) is 0.400. The van der Waals surface area contributed by atoms with Crippen molar-refractivity contribution in [2.24, 2.45) is 5.92 Å². The van der Waals surface area contributed by atoms with Crippen LogP contribution in [0.1, 0.15) is 43.2 Å². The first-order valence-electron chi connectivity index (χ1n) is 9.19. The minimum atomic E-state index is -0.0986. The lowest BCUT2D eigenvalue weighted by molar-refractivity contribution is -0.130. The third-order valence-corrected chi connectivity index (χ3v) is 5.70. The van der Waals surface area contributed by atoms with Crippen LogP contribution in [0.25, 0.3) is 6.08 Å². The Labute approximate surface area is 163 Å². The number of rotatable bonds is 5. The Bertz CT molecular complexity index is 808. The molecule has 1 aromatic heterocycles. The molecule has 6 nitrogen and oxygen atoms in total. The Kier molecular flexibility index (Phi) is 6.34. The molecular formula is C20H24N4O2S. The SMILES string of the molecule is CC(C)c1nnc(NC(=O)C2CCN(C(=O)C=Cc3ccccc3)CC2)s1. The van der Waals surface area contributed by atoms with E-state index in [1.54, 1.807) is 11.0 Å². The van der Waals surface area contributed by atoms with Crippen LogP contribution < -0.4 is 5.32 Å². The van der Waals surface area contributed by atoms with Gasteiger partial charge < -0.3 is 10.2 Å². The zero-order valence-electron chi connectivity index (χ0n) is 15.6. The highest BCUT2D eigenvalue weighted by molar-refractivity contribution is 7.15. The summed E-state index contributed by atoms with van der Waals surface area (Å²) in [5.41, 5.74) is 0.998. The molecule has 2 aromatic rings. The van der Waals surface area contributed by atoms with E-state index < -0.39 is 0 Å². The minimum Gasteiger partial charge on any atom is -0.339 e. The molecule has 1 aliphatic rings. The van der Waals surface area contributed by atoms with Gasteiger partial charge in [0.2, 0.25) is 16.9 Å². The summed E-state index contributed by atoms with van der Waals surface area (Å²) >= 11 is 1.42. The first kappa shape index (κ1) is 19.2. The van der Waals surface area contributed by atoms with Gasteiger partial charge in [0.15, 0.2) is 0 Å². The molecule has 1 aromatic carbocycles. The van der Waals surface area contributed by atoms with Crippen molar-refractivity contribution in [1.82, 2.24) is 15.1 Å². The first-order valence-corrected chi connectivity index (χ1v) is 10.0. The van der Waals surface area contributed by atoms with Gasteiger partial charge in [-0.05, 0) is 24.5 Å². The Hall–Kier alpha value is -2.54. The van der Waals surface area contributed by atoms with Crippen molar-refractivity contribution < 1.29 is 9.59 Å². The highest BCUT2D eigenvalue weighted by Crippen LogP contribution is 2.24. The summed E-state index contributed by atoms with van der Waals surface area (Å²) in [6.07, 6.45) is 4.74. The Morgan fingerprint density at radius 3 is 2.52 bits per heavy atom. The fourth-order valence-corrected chi connectivity index (χ4v) is 3.67. The molecule has 1 aliphatic heterocycles. The Balaban J connectivity index is 1.48. The van der Waals surface area contributed by atoms with Gasteiger partial charge in [-0.15, -0.1) is 10.2 Å². The van der Waals surface area contributed by atoms with Crippen molar-refractivity contribution in [3.63, 3.8) is 0 Å². The molecule has 0 unspecified atom stereocenters. The lowest BCUT2D eigenvalue weighted by Crippen LogP contribution is -2.40. The molecule has 7 heteroatoms. The number of nitrogens with one attached hydrogen (secondary N) is 1. The number of hydrogen-bond acceptors (Lipinski definition) is 5. The fourth-order valence-electron chi connectivity index (χ4n) is 2.92. The molecule has 1 fully saturated rings. The van der Waals surface area contributed by atoms with Crippen LogP contribution in [0.15, 0.2) is 36.4 Å². The number of carbonyl (C=O) groups excluding carboxylic acids is 2. The monoisotopic (exact) mass is 384 g/mol. The van der Waals surface area contributed by atoms with E-state index >= 15 is 0 Å². The number of hydrogen-bond donors (Lipinski definition) is 1. The van der Waals surface area contributed by atoms with Gasteiger partial charge in [-0.3, -0.25) is 9.59 Å². The molecule has 1 N–H and O–H groups in total. The van der Waals surface area contributed by atoms with E-state index in [-0.39, 0.29) is 17.7 Å². The average molecular weight is 385 g/mol. The van der Waals surface area contributed by atoms with E-state index in [9.17, 15) is 9.59 Å². The predicted molar refractivity (Wildman–Crippen MR) is 107 cm³/mol. The van der Waals surface area contributed by atoms with Crippen LogP contribution in [0.4, 0.5) is 5.13 Å². The van der Waals surface area contributed by atoms with Crippen LogP contribution >= 0.6 is 11.3 Å². The number of aromatic nitrogens is 2. The smallest absolute Gasteiger partial charge is 0.246 e. The Morgan fingerprint density at radius 2 is 1.89 bits per heavy atom. The summed E-state index contributed by atoms with van der Waals surface area (Å²) in [5.74, 6) is 0.154. The van der Waals surface area contributed by atoms with E-state index in [1.807, 2.05) is 50.3 Å². The van der Waals surface area contributed by atoms with Crippen LogP contribution in [0, 0.1) is 5.92 Å². The van der Waals surface area contributed by atoms with Crippen molar-refractivity contribution in [2.75, 3.05) is 18.4 Å². The summed E-state index contributed by atoms with van der Waals surface area (Å²) in [5, 5.41) is 12.4. The summed E-state index contributed by atoms with van der Waals surface area (Å²) in [4.78, 5) is 26.6. The summed E-state index contributed by atoms with van der Waals surface area (Å²) in [7, 11) is 0. The van der Waals surface area contributed by atoms with E-state index in [2.05, 4.69) is 15.5 Å². The number of nitrogens with zero attached hydrogens (tertiary/aromatic N) is 3. The van der Waals surface area contributed by atoms with E-state index in [0.717, 1.165) is 10.6 Å². The van der Waals surface area contributed by atoms with Crippen molar-refractivity contribution in [1.29, 1.82) is 0 Å². The zero-order chi connectivity index (χ0) is 19.2. The van der Waals surface area contributed by atoms with E-state index in [0.29, 0.717) is 37.0 Å². The van der Waals surface area contributed by atoms with Crippen LogP contribution in [-0.2, 0) is 9.59 Å². The number of anilines is 1. The van der Waals surface area contributed by atoms with Crippen LogP contribution in [0.5, 0.6) is 0 Å². The molecule has 2 amide bonds. The van der Waals surface area contributed by atoms with Gasteiger partial charge in [-0.2, -0.15) is 0 Å². The van der Waals surface area contributed by atoms with E-state index in [4.69, 9.17) is 0 Å². The van der Waals surface area contributed by atoms with E-state index in [1.165, 1.54) is 11.3 Å². The maximum Gasteiger partial charge on any atom is 0.246 e. The lowest BCUT2D eigenvalue weighted by Gasteiger charge is -2.30. The van der Waals surface area contributed by atoms with Crippen LogP contribution in [0.3, 0.4) is 0 Å². The second kappa shape index (κ2) is 8.90. The lowest BCUT2D eigenvalue weighted by atomic mass is 9.96. The van der Waals surface area contributed by atoms with Crippen molar-refractivity contribution in [3.05, 3.63) is 47.0 Å². The number of carbonyl (C=O) groups is 2. The second-order valence-corrected chi connectivity index (χ2v) is 7.94. The molecule has 2 heterocycles. The van der Waals surface area contributed by atoms with Gasteiger partial charge in [0, 0.05) is 31.0 Å². The highest BCUT2D eigenvalue weighted by Gasteiger charge is 2.27. The maximum absolute atomic E-state index is 12.4. The number of likely N-dealkylation sites (tertiary alicyclic amines) is 1. The van der Waals surface area contributed by atoms with Crippen molar-refractivity contribution in [3.8, 4) is 0 Å². The van der Waals surface area contributed by atoms with Gasteiger partial charge in [0.1, 0.15) is 5.01 Å². The maximum atomic E-state index is 12.4. The molecule has 0 saturated carbocycles. The number of piperidine rings is 1. The summed E-state index contributed by atoms with van der Waals surface area (Å²) in [6, 6.07) is 9.74. The number of amides is 2. The highest BCUT2D eigenvalue weighted by atomic mass is 32.1. The predicted octanol–water partition coefficient (Wildman–Crippen LogP) is 3.55. The molecule has 0 atom stereocenters. The first-order chi connectivity index (χ1) is 13.0. The molecule has 0 aliphatic carbocycles. The largest absolute Gasteiger partial charge is 0.339 e. The Morgan fingerprint density at radius 1 is 1.19 bits per heavy atom. The summed E-state index contributed by atoms with van der Waals surface area (Å²) < 4.78 is 0. The molecule has 3 rings (SSSR count). The quantitative estimate of drug-likeness (QED) is 0.800. The molecule has 1 saturated heterocycles. The van der Waals surface area contributed by atoms with Crippen molar-refractivity contribution in [2.45, 2.75) is 32.6 Å². The van der Waals surface area contributed by atoms with Gasteiger partial charge in [-0.25, -0.2) is 0 Å². The molecule has 0 spiro atoms. The molecular weight excluding hydrogens is 360 g/mol. The average Bonchev–Trinajstić information content (AvgIpc) is 3.16. The molecule has 27 heavy (non-hydrogen) atoms. The van der Waals surface area contributed by atoms with Crippen LogP contribution in [0.2, 0.25) is 0 Å². The standard InChI is InChI=1S/C20H24N4O2S/c1-14(2)19-22-23-20(27-19)21-18(26)16-10-12-24(13-11-16)17(25)9-8-15-6-4-3-5-7-15/h3-9,14,16H,10-13H2,1-2H3,(H,21,23,26). The molecule has 0 radical (unpaired) electrons.